The second-order valence-electron chi connectivity index (χ2n) is 1.32. The highest BCUT2D eigenvalue weighted by Crippen LogP contribution is 2.59. The lowest BCUT2D eigenvalue weighted by Gasteiger charge is -2.08. The number of rotatable bonds is 1. The molecule has 0 aliphatic heterocycles. The molecule has 0 bridgehead atoms. The summed E-state index contributed by atoms with van der Waals surface area (Å²) >= 11 is 36.6. The Morgan fingerprint density at radius 1 is 1.27 bits per heavy atom. The highest BCUT2D eigenvalue weighted by molar-refractivity contribution is 8.38. The first-order chi connectivity index (χ1) is 4.63. The molecule has 0 atom stereocenters. The van der Waals surface area contributed by atoms with E-state index in [0.717, 1.165) is 0 Å². The first-order valence-corrected chi connectivity index (χ1v) is 8.03. The monoisotopic (exact) mass is 311 g/mol. The Kier molecular flexibility index (Phi) is 5.37. The molecule has 0 aromatic carbocycles. The van der Waals surface area contributed by atoms with Crippen LogP contribution in [0.1, 0.15) is 0 Å². The van der Waals surface area contributed by atoms with Gasteiger partial charge in [-0.3, -0.25) is 0 Å². The van der Waals surface area contributed by atoms with Gasteiger partial charge in [0.15, 0.2) is 5.17 Å². The predicted octanol–water partition coefficient (Wildman–Crippen LogP) is 4.70. The van der Waals surface area contributed by atoms with Crippen molar-refractivity contribution in [2.24, 2.45) is 4.76 Å². The van der Waals surface area contributed by atoms with E-state index in [1.165, 1.54) is 0 Å². The van der Waals surface area contributed by atoms with Crippen molar-refractivity contribution >= 4 is 90.8 Å². The van der Waals surface area contributed by atoms with E-state index in [-0.39, 0.29) is 5.17 Å². The molecule has 0 amide bonds. The van der Waals surface area contributed by atoms with Crippen molar-refractivity contribution in [3.8, 4) is 0 Å². The number of hydrogen-bond donors (Lipinski definition) is 0. The van der Waals surface area contributed by atoms with E-state index in [2.05, 4.69) is 16.6 Å². The van der Waals surface area contributed by atoms with Gasteiger partial charge < -0.3 is 0 Å². The zero-order chi connectivity index (χ0) is 9.28. The molecule has 0 saturated carbocycles. The van der Waals surface area contributed by atoms with Gasteiger partial charge in [-0.25, -0.2) is 4.76 Å². The molecule has 0 aromatic rings. The number of hydrogen-bond acceptors (Lipinski definition) is 1. The van der Waals surface area contributed by atoms with Crippen LogP contribution in [0.15, 0.2) is 4.76 Å². The summed E-state index contributed by atoms with van der Waals surface area (Å²) in [7, 11) is 0. The lowest BCUT2D eigenvalue weighted by atomic mass is 10.8. The lowest BCUT2D eigenvalue weighted by molar-refractivity contribution is 1.60. The molecule has 0 spiro atoms. The number of alkyl halides is 3. The van der Waals surface area contributed by atoms with Crippen LogP contribution in [0.5, 0.6) is 0 Å². The SMILES string of the molecule is S=P(Cl)(Cl)N=C(Cl)C(Cl)(Cl)Cl. The molecule has 0 heterocycles. The van der Waals surface area contributed by atoms with Gasteiger partial charge in [-0.1, -0.05) is 46.4 Å². The molecule has 11 heavy (non-hydrogen) atoms. The third-order valence-corrected chi connectivity index (χ3v) is 2.88. The molecule has 1 nitrogen and oxygen atoms in total. The number of nitrogens with zero attached hydrogens (tertiary/aromatic N) is 1. The highest BCUT2D eigenvalue weighted by atomic mass is 35.9. The van der Waals surface area contributed by atoms with Crippen molar-refractivity contribution in [1.29, 1.82) is 0 Å². The first kappa shape index (κ1) is 13.1. The van der Waals surface area contributed by atoms with Crippen LogP contribution in [0.3, 0.4) is 0 Å². The predicted molar refractivity (Wildman–Crippen MR) is 59.6 cm³/mol. The molecule has 0 aliphatic rings. The topological polar surface area (TPSA) is 12.4 Å². The third kappa shape index (κ3) is 7.16. The van der Waals surface area contributed by atoms with Crippen molar-refractivity contribution in [3.05, 3.63) is 0 Å². The van der Waals surface area contributed by atoms with Crippen LogP contribution in [-0.2, 0) is 11.8 Å². The van der Waals surface area contributed by atoms with Crippen molar-refractivity contribution in [1.82, 2.24) is 0 Å². The molecule has 0 fully saturated rings. The summed E-state index contributed by atoms with van der Waals surface area (Å²) in [6, 6.07) is 0. The van der Waals surface area contributed by atoms with Crippen LogP contribution in [0.2, 0.25) is 0 Å². The van der Waals surface area contributed by atoms with Crippen LogP contribution < -0.4 is 0 Å². The van der Waals surface area contributed by atoms with Crippen molar-refractivity contribution < 1.29 is 0 Å². The van der Waals surface area contributed by atoms with Gasteiger partial charge in [-0.2, -0.15) is 0 Å². The minimum Gasteiger partial charge on any atom is -0.211 e. The molecule has 0 N–H and O–H groups in total. The van der Waals surface area contributed by atoms with Gasteiger partial charge in [0.1, 0.15) is 0 Å². The summed E-state index contributed by atoms with van der Waals surface area (Å²) in [6.07, 6.45) is 0. The average molecular weight is 314 g/mol. The van der Waals surface area contributed by atoms with Gasteiger partial charge in [0.25, 0.3) is 0 Å². The fourth-order valence-electron chi connectivity index (χ4n) is 0.159. The fraction of sp³-hybridized carbons (Fsp3) is 0.500. The molecule has 0 aromatic heterocycles. The van der Waals surface area contributed by atoms with Crippen molar-refractivity contribution in [2.75, 3.05) is 0 Å². The summed E-state index contributed by atoms with van der Waals surface area (Å²) in [4.78, 5) is -2.84. The van der Waals surface area contributed by atoms with Crippen LogP contribution in [-0.4, -0.2) is 8.96 Å². The van der Waals surface area contributed by atoms with Crippen molar-refractivity contribution in [3.63, 3.8) is 0 Å². The molecule has 0 rings (SSSR count). The lowest BCUT2D eigenvalue weighted by Crippen LogP contribution is -2.11. The van der Waals surface area contributed by atoms with E-state index in [9.17, 15) is 0 Å². The van der Waals surface area contributed by atoms with E-state index in [0.29, 0.717) is 0 Å². The van der Waals surface area contributed by atoms with Gasteiger partial charge in [0, 0.05) is 0 Å². The number of halogens is 6. The van der Waals surface area contributed by atoms with Crippen LogP contribution in [0.4, 0.5) is 0 Å². The Hall–Kier alpha value is 2.06. The fourth-order valence-corrected chi connectivity index (χ4v) is 2.22. The van der Waals surface area contributed by atoms with Gasteiger partial charge in [0.2, 0.25) is 8.69 Å². The van der Waals surface area contributed by atoms with E-state index < -0.39 is 8.69 Å². The maximum atomic E-state index is 5.39. The van der Waals surface area contributed by atoms with E-state index >= 15 is 0 Å². The van der Waals surface area contributed by atoms with E-state index in [4.69, 9.17) is 68.9 Å². The van der Waals surface area contributed by atoms with Gasteiger partial charge in [-0.15, -0.1) is 0 Å². The molecular formula is C2Cl6NPS. The van der Waals surface area contributed by atoms with Gasteiger partial charge >= 0.3 is 0 Å². The average Bonchev–Trinajstić information content (AvgIpc) is 1.56. The molecular weight excluding hydrogens is 314 g/mol. The first-order valence-electron chi connectivity index (χ1n) is 1.95. The normalized spacial score (nSPS) is 15.3. The zero-order valence-corrected chi connectivity index (χ0v) is 10.8. The van der Waals surface area contributed by atoms with Crippen LogP contribution >= 0.6 is 73.8 Å². The highest BCUT2D eigenvalue weighted by Gasteiger charge is 2.28. The minimum atomic E-state index is -2.84. The Morgan fingerprint density at radius 2 is 1.64 bits per heavy atom. The second kappa shape index (κ2) is 4.52. The van der Waals surface area contributed by atoms with Crippen LogP contribution in [0.25, 0.3) is 0 Å². The largest absolute Gasteiger partial charge is 0.243 e. The van der Waals surface area contributed by atoms with E-state index in [1.807, 2.05) is 0 Å². The quantitative estimate of drug-likeness (QED) is 0.388. The Labute approximate surface area is 98.6 Å². The molecule has 0 saturated heterocycles. The standard InChI is InChI=1S/C2Cl6NPS/c3-1(2(4,5)6)9-10(7,8)11. The zero-order valence-electron chi connectivity index (χ0n) is 4.57. The van der Waals surface area contributed by atoms with Crippen LogP contribution in [0, 0.1) is 0 Å². The molecule has 66 valence electrons. The van der Waals surface area contributed by atoms with E-state index in [1.54, 1.807) is 0 Å². The van der Waals surface area contributed by atoms with Crippen molar-refractivity contribution in [2.45, 2.75) is 3.79 Å². The third-order valence-electron chi connectivity index (χ3n) is 0.438. The summed E-state index contributed by atoms with van der Waals surface area (Å²) in [6.45, 7) is 0. The minimum absolute atomic E-state index is 0.323. The molecule has 9 heteroatoms. The summed E-state index contributed by atoms with van der Waals surface area (Å²) in [5.74, 6) is 0. The summed E-state index contributed by atoms with van der Waals surface area (Å²) < 4.78 is 1.61. The smallest absolute Gasteiger partial charge is 0.211 e. The Bertz CT molecular complexity index is 213. The maximum Gasteiger partial charge on any atom is 0.243 e. The summed E-state index contributed by atoms with van der Waals surface area (Å²) in [5.41, 5.74) is 0. The van der Waals surface area contributed by atoms with Gasteiger partial charge in [0.05, 0.1) is 0 Å². The van der Waals surface area contributed by atoms with Gasteiger partial charge in [-0.05, 0) is 34.3 Å². The molecule has 0 unspecified atom stereocenters. The Balaban J connectivity index is 4.63. The second-order valence-corrected chi connectivity index (χ2v) is 11.3. The Morgan fingerprint density at radius 3 is 1.73 bits per heavy atom. The summed E-state index contributed by atoms with van der Waals surface area (Å²) in [5, 5.41) is -0.323. The molecule has 0 radical (unpaired) electrons. The molecule has 0 aliphatic carbocycles. The maximum absolute atomic E-state index is 5.39.